The Morgan fingerprint density at radius 3 is 2.58 bits per heavy atom. The number of nitrogens with zero attached hydrogens (tertiary/aromatic N) is 6. The van der Waals surface area contributed by atoms with E-state index in [0.29, 0.717) is 5.16 Å². The monoisotopic (exact) mass is 445 g/mol. The van der Waals surface area contributed by atoms with Gasteiger partial charge in [0.05, 0.1) is 28.4 Å². The minimum atomic E-state index is -4.55. The lowest BCUT2D eigenvalue weighted by molar-refractivity contribution is -0.137. The Bertz CT molecular complexity index is 1180. The summed E-state index contributed by atoms with van der Waals surface area (Å²) in [6.07, 6.45) is -0.463. The zero-order valence-electron chi connectivity index (χ0n) is 15.7. The van der Waals surface area contributed by atoms with Gasteiger partial charge in [0.25, 0.3) is 0 Å². The maximum absolute atomic E-state index is 13.1. The molecule has 4 aromatic rings. The molecule has 0 saturated heterocycles. The molecule has 0 atom stereocenters. The second kappa shape index (κ2) is 8.60. The van der Waals surface area contributed by atoms with Crippen LogP contribution >= 0.6 is 11.8 Å². The van der Waals surface area contributed by atoms with Crippen LogP contribution in [0.1, 0.15) is 5.56 Å². The number of anilines is 1. The van der Waals surface area contributed by atoms with Gasteiger partial charge in [-0.25, -0.2) is 19.3 Å². The molecule has 4 rings (SSSR count). The summed E-state index contributed by atoms with van der Waals surface area (Å²) >= 11 is 1.06. The van der Waals surface area contributed by atoms with Crippen LogP contribution in [0.2, 0.25) is 0 Å². The maximum atomic E-state index is 13.1. The first-order valence-electron chi connectivity index (χ1n) is 8.86. The van der Waals surface area contributed by atoms with Gasteiger partial charge in [-0.1, -0.05) is 30.0 Å². The van der Waals surface area contributed by atoms with E-state index < -0.39 is 17.6 Å². The lowest BCUT2D eigenvalue weighted by atomic mass is 10.1. The molecule has 0 spiro atoms. The lowest BCUT2D eigenvalue weighted by Gasteiger charge is -2.14. The summed E-state index contributed by atoms with van der Waals surface area (Å²) in [6, 6.07) is 12.3. The van der Waals surface area contributed by atoms with Crippen molar-refractivity contribution in [3.63, 3.8) is 0 Å². The summed E-state index contributed by atoms with van der Waals surface area (Å²) in [7, 11) is 0. The fourth-order valence-electron chi connectivity index (χ4n) is 2.68. The Kier molecular flexibility index (Phi) is 5.71. The van der Waals surface area contributed by atoms with E-state index in [1.54, 1.807) is 4.68 Å². The molecule has 2 aromatic heterocycles. The lowest BCUT2D eigenvalue weighted by Crippen LogP contribution is -2.17. The van der Waals surface area contributed by atoms with Gasteiger partial charge in [-0.2, -0.15) is 18.3 Å². The number of hydrogen-bond acceptors (Lipinski definition) is 6. The third-order valence-electron chi connectivity index (χ3n) is 4.09. The molecule has 12 heteroatoms. The predicted molar refractivity (Wildman–Crippen MR) is 107 cm³/mol. The number of nitrogens with one attached hydrogen (secondary N) is 1. The second-order valence-corrected chi connectivity index (χ2v) is 7.16. The molecule has 31 heavy (non-hydrogen) atoms. The molecule has 0 bridgehead atoms. The van der Waals surface area contributed by atoms with Crippen molar-refractivity contribution in [2.24, 2.45) is 0 Å². The summed E-state index contributed by atoms with van der Waals surface area (Å²) in [5.41, 5.74) is 0.152. The van der Waals surface area contributed by atoms with Gasteiger partial charge in [0.1, 0.15) is 19.0 Å². The molecule has 8 nitrogen and oxygen atoms in total. The fourth-order valence-corrected chi connectivity index (χ4v) is 3.28. The number of amides is 1. The highest BCUT2D eigenvalue weighted by atomic mass is 32.2. The molecule has 0 saturated carbocycles. The molecule has 158 valence electrons. The molecule has 2 aromatic carbocycles. The van der Waals surface area contributed by atoms with Crippen LogP contribution in [0.4, 0.5) is 18.9 Å². The normalized spacial score (nSPS) is 11.5. The number of carbonyl (C=O) groups is 1. The second-order valence-electron chi connectivity index (χ2n) is 6.21. The van der Waals surface area contributed by atoms with Crippen LogP contribution in [0.15, 0.2) is 72.7 Å². The van der Waals surface area contributed by atoms with Crippen molar-refractivity contribution in [2.75, 3.05) is 11.1 Å². The molecule has 0 unspecified atom stereocenters. The molecular formula is C19H14F3N7OS. The number of alkyl halides is 3. The Labute approximate surface area is 178 Å². The molecule has 2 heterocycles. The SMILES string of the molecule is O=C(CSc1ncn(-c2ccccc2)n1)Nc1cc(C(F)(F)F)ccc1-n1cncn1. The van der Waals surface area contributed by atoms with E-state index >= 15 is 0 Å². The minimum absolute atomic E-state index is 0.0336. The number of hydrogen-bond donors (Lipinski definition) is 1. The first-order valence-corrected chi connectivity index (χ1v) is 9.85. The van der Waals surface area contributed by atoms with Gasteiger partial charge >= 0.3 is 6.18 Å². The van der Waals surface area contributed by atoms with Crippen LogP contribution in [0.3, 0.4) is 0 Å². The van der Waals surface area contributed by atoms with Crippen molar-refractivity contribution in [3.8, 4) is 11.4 Å². The summed E-state index contributed by atoms with van der Waals surface area (Å²) in [5.74, 6) is -0.604. The highest BCUT2D eigenvalue weighted by molar-refractivity contribution is 7.99. The topological polar surface area (TPSA) is 90.5 Å². The van der Waals surface area contributed by atoms with Crippen LogP contribution in [0.25, 0.3) is 11.4 Å². The first kappa shape index (κ1) is 20.6. The van der Waals surface area contributed by atoms with Crippen LogP contribution in [0, 0.1) is 0 Å². The van der Waals surface area contributed by atoms with E-state index in [-0.39, 0.29) is 17.1 Å². The molecule has 1 amide bonds. The highest BCUT2D eigenvalue weighted by Gasteiger charge is 2.31. The van der Waals surface area contributed by atoms with E-state index in [2.05, 4.69) is 25.5 Å². The van der Waals surface area contributed by atoms with Crippen LogP contribution in [-0.4, -0.2) is 41.2 Å². The molecule has 0 aliphatic heterocycles. The zero-order valence-corrected chi connectivity index (χ0v) is 16.5. The van der Waals surface area contributed by atoms with Crippen molar-refractivity contribution in [1.82, 2.24) is 29.5 Å². The molecule has 0 aliphatic carbocycles. The predicted octanol–water partition coefficient (Wildman–Crippen LogP) is 3.60. The molecule has 0 aliphatic rings. The molecular weight excluding hydrogens is 431 g/mol. The van der Waals surface area contributed by atoms with Gasteiger partial charge in [-0.15, -0.1) is 5.10 Å². The zero-order chi connectivity index (χ0) is 21.8. The summed E-state index contributed by atoms with van der Waals surface area (Å²) in [4.78, 5) is 20.4. The quantitative estimate of drug-likeness (QED) is 0.456. The van der Waals surface area contributed by atoms with Crippen molar-refractivity contribution >= 4 is 23.4 Å². The fraction of sp³-hybridized carbons (Fsp3) is 0.105. The van der Waals surface area contributed by atoms with Gasteiger partial charge in [0.2, 0.25) is 11.1 Å². The average molecular weight is 445 g/mol. The number of benzene rings is 2. The van der Waals surface area contributed by atoms with Crippen molar-refractivity contribution < 1.29 is 18.0 Å². The number of para-hydroxylation sites is 1. The van der Waals surface area contributed by atoms with E-state index in [4.69, 9.17) is 0 Å². The molecule has 0 radical (unpaired) electrons. The smallest absolute Gasteiger partial charge is 0.323 e. The molecule has 1 N–H and O–H groups in total. The van der Waals surface area contributed by atoms with Gasteiger partial charge < -0.3 is 5.32 Å². The Balaban J connectivity index is 1.47. The number of rotatable bonds is 6. The number of thioether (sulfide) groups is 1. The summed E-state index contributed by atoms with van der Waals surface area (Å²) in [5, 5.41) is 11.1. The van der Waals surface area contributed by atoms with Gasteiger partial charge in [0, 0.05) is 0 Å². The van der Waals surface area contributed by atoms with E-state index in [1.165, 1.54) is 29.7 Å². The van der Waals surface area contributed by atoms with E-state index in [9.17, 15) is 18.0 Å². The number of halogens is 3. The number of aromatic nitrogens is 6. The number of carbonyl (C=O) groups excluding carboxylic acids is 1. The summed E-state index contributed by atoms with van der Waals surface area (Å²) in [6.45, 7) is 0. The highest BCUT2D eigenvalue weighted by Crippen LogP contribution is 2.33. The van der Waals surface area contributed by atoms with Gasteiger partial charge in [-0.05, 0) is 30.3 Å². The summed E-state index contributed by atoms with van der Waals surface area (Å²) < 4.78 is 42.2. The Hall–Kier alpha value is -3.67. The minimum Gasteiger partial charge on any atom is -0.323 e. The van der Waals surface area contributed by atoms with Gasteiger partial charge in [0.15, 0.2) is 0 Å². The Morgan fingerprint density at radius 2 is 1.87 bits per heavy atom. The van der Waals surface area contributed by atoms with Crippen molar-refractivity contribution in [2.45, 2.75) is 11.3 Å². The van der Waals surface area contributed by atoms with Crippen LogP contribution in [-0.2, 0) is 11.0 Å². The van der Waals surface area contributed by atoms with Crippen LogP contribution in [0.5, 0.6) is 0 Å². The first-order chi connectivity index (χ1) is 14.9. The Morgan fingerprint density at radius 1 is 1.06 bits per heavy atom. The van der Waals surface area contributed by atoms with Crippen molar-refractivity contribution in [3.05, 3.63) is 73.1 Å². The maximum Gasteiger partial charge on any atom is 0.416 e. The van der Waals surface area contributed by atoms with E-state index in [0.717, 1.165) is 29.6 Å². The largest absolute Gasteiger partial charge is 0.416 e. The van der Waals surface area contributed by atoms with E-state index in [1.807, 2.05) is 30.3 Å². The van der Waals surface area contributed by atoms with Crippen molar-refractivity contribution in [1.29, 1.82) is 0 Å². The average Bonchev–Trinajstić information content (AvgIpc) is 3.45. The standard InChI is InChI=1S/C19H14F3N7OS/c20-19(21,22)13-6-7-16(29-11-23-10-25-29)15(8-13)26-17(30)9-31-18-24-12-28(27-18)14-4-2-1-3-5-14/h1-8,10-12H,9H2,(H,26,30). The third-order valence-corrected chi connectivity index (χ3v) is 4.94. The van der Waals surface area contributed by atoms with Gasteiger partial charge in [-0.3, -0.25) is 4.79 Å². The molecule has 0 fully saturated rings. The van der Waals surface area contributed by atoms with Crippen LogP contribution < -0.4 is 5.32 Å². The third kappa shape index (κ3) is 4.91.